The van der Waals surface area contributed by atoms with E-state index in [1.807, 2.05) is 12.1 Å². The van der Waals surface area contributed by atoms with Crippen molar-refractivity contribution in [3.63, 3.8) is 0 Å². The number of hydrogen-bond acceptors (Lipinski definition) is 5. The predicted molar refractivity (Wildman–Crippen MR) is 89.2 cm³/mol. The molecule has 23 heavy (non-hydrogen) atoms. The average Bonchev–Trinajstić information content (AvgIpc) is 3.02. The Hall–Kier alpha value is -0.720. The summed E-state index contributed by atoms with van der Waals surface area (Å²) >= 11 is 12.2. The van der Waals surface area contributed by atoms with Crippen molar-refractivity contribution in [1.82, 2.24) is 0 Å². The molecular weight excluding hydrogens is 337 g/mol. The van der Waals surface area contributed by atoms with Gasteiger partial charge in [0.2, 0.25) is 0 Å². The minimum atomic E-state index is -0.535. The molecule has 1 aliphatic carbocycles. The van der Waals surface area contributed by atoms with Crippen molar-refractivity contribution in [2.45, 2.75) is 42.9 Å². The van der Waals surface area contributed by atoms with Crippen LogP contribution in [0.15, 0.2) is 23.3 Å². The van der Waals surface area contributed by atoms with Gasteiger partial charge in [-0.2, -0.15) is 5.11 Å². The molecule has 7 heteroatoms. The lowest BCUT2D eigenvalue weighted by atomic mass is 9.69. The van der Waals surface area contributed by atoms with E-state index in [9.17, 15) is 0 Å². The van der Waals surface area contributed by atoms with Gasteiger partial charge in [0.25, 0.3) is 0 Å². The molecule has 1 aromatic rings. The first kappa shape index (κ1) is 17.1. The van der Waals surface area contributed by atoms with E-state index in [0.717, 1.165) is 18.4 Å². The van der Waals surface area contributed by atoms with Gasteiger partial charge in [-0.15, -0.1) is 0 Å². The number of nitrogens with two attached hydrogens (primary N) is 1. The SMILES string of the molecule is N=NC1(C(CN)c2ccc(Cl)c(Cl)c2)CCC2(CC1)OCCO2. The van der Waals surface area contributed by atoms with Crippen LogP contribution in [0.2, 0.25) is 10.0 Å². The van der Waals surface area contributed by atoms with Gasteiger partial charge in [-0.05, 0) is 30.5 Å². The second-order valence-electron chi connectivity index (χ2n) is 6.28. The summed E-state index contributed by atoms with van der Waals surface area (Å²) in [6, 6.07) is 5.53. The molecule has 1 unspecified atom stereocenters. The number of nitrogens with zero attached hydrogens (tertiary/aromatic N) is 1. The molecule has 1 saturated carbocycles. The Labute approximate surface area is 145 Å². The normalized spacial score (nSPS) is 23.8. The molecule has 5 nitrogen and oxygen atoms in total. The molecule has 2 aliphatic rings. The second-order valence-corrected chi connectivity index (χ2v) is 7.10. The predicted octanol–water partition coefficient (Wildman–Crippen LogP) is 4.12. The summed E-state index contributed by atoms with van der Waals surface area (Å²) < 4.78 is 11.6. The van der Waals surface area contributed by atoms with E-state index >= 15 is 0 Å². The number of halogens is 2. The van der Waals surface area contributed by atoms with Gasteiger partial charge in [-0.1, -0.05) is 29.3 Å². The lowest BCUT2D eigenvalue weighted by Gasteiger charge is -2.44. The van der Waals surface area contributed by atoms with Gasteiger partial charge in [-0.3, -0.25) is 0 Å². The van der Waals surface area contributed by atoms with Crippen LogP contribution in [0, 0.1) is 5.53 Å². The van der Waals surface area contributed by atoms with Crippen LogP contribution in [0.5, 0.6) is 0 Å². The first-order chi connectivity index (χ1) is 11.0. The molecule has 3 N–H and O–H groups in total. The zero-order valence-electron chi connectivity index (χ0n) is 12.9. The number of nitrogens with one attached hydrogen (secondary N) is 1. The smallest absolute Gasteiger partial charge is 0.168 e. The quantitative estimate of drug-likeness (QED) is 0.795. The third-order valence-corrected chi connectivity index (χ3v) is 5.88. The van der Waals surface area contributed by atoms with Crippen LogP contribution in [-0.4, -0.2) is 31.1 Å². The number of ether oxygens (including phenoxy) is 2. The lowest BCUT2D eigenvalue weighted by molar-refractivity contribution is -0.185. The molecule has 1 atom stereocenters. The maximum atomic E-state index is 7.81. The topological polar surface area (TPSA) is 80.7 Å². The van der Waals surface area contributed by atoms with Gasteiger partial charge >= 0.3 is 0 Å². The fourth-order valence-electron chi connectivity index (χ4n) is 3.78. The van der Waals surface area contributed by atoms with Crippen molar-refractivity contribution in [2.24, 2.45) is 10.8 Å². The van der Waals surface area contributed by atoms with E-state index in [1.165, 1.54) is 0 Å². The highest BCUT2D eigenvalue weighted by molar-refractivity contribution is 6.42. The molecule has 0 aromatic heterocycles. The highest BCUT2D eigenvalue weighted by Crippen LogP contribution is 2.48. The van der Waals surface area contributed by atoms with Gasteiger partial charge in [-0.25, -0.2) is 5.53 Å². The highest BCUT2D eigenvalue weighted by atomic mass is 35.5. The minimum Gasteiger partial charge on any atom is -0.348 e. The zero-order chi connectivity index (χ0) is 16.5. The summed E-state index contributed by atoms with van der Waals surface area (Å²) in [6.07, 6.45) is 2.87. The summed E-state index contributed by atoms with van der Waals surface area (Å²) in [5, 5.41) is 5.03. The molecule has 0 bridgehead atoms. The van der Waals surface area contributed by atoms with Crippen molar-refractivity contribution >= 4 is 23.2 Å². The summed E-state index contributed by atoms with van der Waals surface area (Å²) in [5.74, 6) is -0.557. The second kappa shape index (κ2) is 6.65. The van der Waals surface area contributed by atoms with E-state index in [2.05, 4.69) is 5.11 Å². The standard InChI is InChI=1S/C16H21Cl2N3O2/c17-13-2-1-11(9-14(13)18)12(10-19)15(21-20)3-5-16(6-4-15)22-7-8-23-16/h1-2,9,12,20H,3-8,10,19H2. The summed E-state index contributed by atoms with van der Waals surface area (Å²) in [5.41, 5.74) is 14.3. The molecule has 0 radical (unpaired) electrons. The fourth-order valence-corrected chi connectivity index (χ4v) is 4.09. The Morgan fingerprint density at radius 3 is 2.30 bits per heavy atom. The van der Waals surface area contributed by atoms with Crippen molar-refractivity contribution in [1.29, 1.82) is 5.53 Å². The molecule has 1 saturated heterocycles. The molecule has 2 fully saturated rings. The molecule has 0 amide bonds. The number of benzene rings is 1. The average molecular weight is 358 g/mol. The van der Waals surface area contributed by atoms with Crippen LogP contribution in [-0.2, 0) is 9.47 Å². The Kier molecular flexibility index (Phi) is 4.95. The van der Waals surface area contributed by atoms with Crippen LogP contribution in [0.1, 0.15) is 37.2 Å². The first-order valence-electron chi connectivity index (χ1n) is 7.86. The van der Waals surface area contributed by atoms with Crippen LogP contribution >= 0.6 is 23.2 Å². The molecule has 1 aromatic carbocycles. The monoisotopic (exact) mass is 357 g/mol. The van der Waals surface area contributed by atoms with Crippen LogP contribution in [0.3, 0.4) is 0 Å². The molecular formula is C16H21Cl2N3O2. The Morgan fingerprint density at radius 1 is 1.13 bits per heavy atom. The van der Waals surface area contributed by atoms with Gasteiger partial charge in [0.05, 0.1) is 28.8 Å². The summed E-state index contributed by atoms with van der Waals surface area (Å²) in [7, 11) is 0. The molecule has 1 aliphatic heterocycles. The summed E-state index contributed by atoms with van der Waals surface area (Å²) in [4.78, 5) is 0. The van der Waals surface area contributed by atoms with E-state index < -0.39 is 11.3 Å². The van der Waals surface area contributed by atoms with Crippen molar-refractivity contribution < 1.29 is 9.47 Å². The maximum absolute atomic E-state index is 7.81. The van der Waals surface area contributed by atoms with E-state index in [-0.39, 0.29) is 5.92 Å². The Bertz CT molecular complexity index is 581. The first-order valence-corrected chi connectivity index (χ1v) is 8.61. The van der Waals surface area contributed by atoms with Crippen molar-refractivity contribution in [2.75, 3.05) is 19.8 Å². The third-order valence-electron chi connectivity index (χ3n) is 5.14. The number of rotatable bonds is 4. The van der Waals surface area contributed by atoms with Crippen molar-refractivity contribution in [3.8, 4) is 0 Å². The van der Waals surface area contributed by atoms with Crippen LogP contribution in [0.4, 0.5) is 0 Å². The van der Waals surface area contributed by atoms with E-state index in [1.54, 1.807) is 6.07 Å². The third kappa shape index (κ3) is 3.13. The Balaban J connectivity index is 1.85. The molecule has 1 spiro atoms. The maximum Gasteiger partial charge on any atom is 0.168 e. The van der Waals surface area contributed by atoms with Gasteiger partial charge in [0.1, 0.15) is 0 Å². The summed E-state index contributed by atoms with van der Waals surface area (Å²) in [6.45, 7) is 1.67. The lowest BCUT2D eigenvalue weighted by Crippen LogP contribution is -2.47. The van der Waals surface area contributed by atoms with Crippen LogP contribution in [0.25, 0.3) is 0 Å². The fraction of sp³-hybridized carbons (Fsp3) is 0.625. The van der Waals surface area contributed by atoms with Gasteiger partial charge < -0.3 is 15.2 Å². The largest absolute Gasteiger partial charge is 0.348 e. The highest BCUT2D eigenvalue weighted by Gasteiger charge is 2.50. The molecule has 3 rings (SSSR count). The number of hydrogen-bond donors (Lipinski definition) is 2. The van der Waals surface area contributed by atoms with E-state index in [0.29, 0.717) is 42.6 Å². The molecule has 126 valence electrons. The van der Waals surface area contributed by atoms with E-state index in [4.69, 9.17) is 43.9 Å². The Morgan fingerprint density at radius 2 is 1.78 bits per heavy atom. The van der Waals surface area contributed by atoms with Gasteiger partial charge in [0.15, 0.2) is 5.79 Å². The van der Waals surface area contributed by atoms with Gasteiger partial charge in [0, 0.05) is 25.3 Å². The van der Waals surface area contributed by atoms with Crippen LogP contribution < -0.4 is 5.73 Å². The van der Waals surface area contributed by atoms with Crippen molar-refractivity contribution in [3.05, 3.63) is 33.8 Å². The zero-order valence-corrected chi connectivity index (χ0v) is 14.4. The molecule has 1 heterocycles. The minimum absolute atomic E-state index is 0.0754.